The lowest BCUT2D eigenvalue weighted by Crippen LogP contribution is -2.36. The molecule has 0 radical (unpaired) electrons. The summed E-state index contributed by atoms with van der Waals surface area (Å²) in [6.45, 7) is 5.27. The van der Waals surface area contributed by atoms with E-state index < -0.39 is 0 Å². The molecular formula is C18H27N7. The molecule has 4 heterocycles. The highest BCUT2D eigenvalue weighted by Crippen LogP contribution is 2.28. The van der Waals surface area contributed by atoms with E-state index in [9.17, 15) is 0 Å². The largest absolute Gasteiger partial charge is 0.355 e. The fraction of sp³-hybridized carbons (Fsp3) is 0.667. The Morgan fingerprint density at radius 1 is 1.04 bits per heavy atom. The minimum atomic E-state index is 0.406. The van der Waals surface area contributed by atoms with Crippen LogP contribution in [-0.2, 0) is 13.6 Å². The highest BCUT2D eigenvalue weighted by molar-refractivity contribution is 5.36. The Balaban J connectivity index is 1.46. The van der Waals surface area contributed by atoms with Crippen molar-refractivity contribution < 1.29 is 0 Å². The molecule has 0 amide bonds. The smallest absolute Gasteiger partial charge is 0.147 e. The fourth-order valence-corrected chi connectivity index (χ4v) is 4.04. The Bertz CT molecular complexity index is 678. The molecule has 4 rings (SSSR count). The molecule has 2 fully saturated rings. The van der Waals surface area contributed by atoms with Gasteiger partial charge in [0.2, 0.25) is 0 Å². The molecule has 134 valence electrons. The normalized spacial score (nSPS) is 22.3. The van der Waals surface area contributed by atoms with Crippen molar-refractivity contribution in [3.63, 3.8) is 0 Å². The lowest BCUT2D eigenvalue weighted by molar-refractivity contribution is 0.213. The van der Waals surface area contributed by atoms with Gasteiger partial charge >= 0.3 is 0 Å². The van der Waals surface area contributed by atoms with E-state index in [-0.39, 0.29) is 0 Å². The number of hydrogen-bond donors (Lipinski definition) is 0. The molecule has 2 aliphatic rings. The molecule has 0 spiro atoms. The van der Waals surface area contributed by atoms with Crippen molar-refractivity contribution in [2.75, 3.05) is 31.1 Å². The van der Waals surface area contributed by atoms with Crippen LogP contribution in [-0.4, -0.2) is 55.8 Å². The molecule has 25 heavy (non-hydrogen) atoms. The minimum absolute atomic E-state index is 0.406. The van der Waals surface area contributed by atoms with Crippen molar-refractivity contribution in [2.45, 2.75) is 44.6 Å². The predicted molar refractivity (Wildman–Crippen MR) is 96.4 cm³/mol. The molecule has 2 aromatic rings. The maximum absolute atomic E-state index is 4.56. The average molecular weight is 341 g/mol. The van der Waals surface area contributed by atoms with Crippen LogP contribution in [0.15, 0.2) is 18.6 Å². The van der Waals surface area contributed by atoms with E-state index in [1.165, 1.54) is 32.4 Å². The first-order valence-electron chi connectivity index (χ1n) is 9.43. The number of hydrogen-bond acceptors (Lipinski definition) is 6. The molecule has 2 aromatic heterocycles. The topological polar surface area (TPSA) is 63.0 Å². The van der Waals surface area contributed by atoms with Gasteiger partial charge in [-0.05, 0) is 38.8 Å². The van der Waals surface area contributed by atoms with Crippen LogP contribution in [0.4, 0.5) is 5.82 Å². The Kier molecular flexibility index (Phi) is 4.92. The molecule has 0 saturated carbocycles. The van der Waals surface area contributed by atoms with Crippen LogP contribution >= 0.6 is 0 Å². The van der Waals surface area contributed by atoms with Gasteiger partial charge in [-0.25, -0.2) is 4.98 Å². The summed E-state index contributed by atoms with van der Waals surface area (Å²) in [6.07, 6.45) is 11.6. The van der Waals surface area contributed by atoms with Crippen LogP contribution in [0.25, 0.3) is 0 Å². The van der Waals surface area contributed by atoms with Gasteiger partial charge < -0.3 is 9.47 Å². The number of aromatic nitrogens is 5. The SMILES string of the molecule is Cn1c(CN2CCCCC2)nnc1C1CCCN(c2cnccn2)C1. The monoisotopic (exact) mass is 341 g/mol. The van der Waals surface area contributed by atoms with E-state index >= 15 is 0 Å². The van der Waals surface area contributed by atoms with Crippen molar-refractivity contribution >= 4 is 5.82 Å². The lowest BCUT2D eigenvalue weighted by Gasteiger charge is -2.32. The van der Waals surface area contributed by atoms with Gasteiger partial charge in [0.05, 0.1) is 12.7 Å². The number of piperidine rings is 2. The van der Waals surface area contributed by atoms with Crippen molar-refractivity contribution in [2.24, 2.45) is 7.05 Å². The number of rotatable bonds is 4. The number of likely N-dealkylation sites (tertiary alicyclic amines) is 1. The first kappa shape index (κ1) is 16.4. The third-order valence-electron chi connectivity index (χ3n) is 5.47. The molecule has 1 unspecified atom stereocenters. The first-order chi connectivity index (χ1) is 12.3. The van der Waals surface area contributed by atoms with Gasteiger partial charge in [0.15, 0.2) is 0 Å². The van der Waals surface area contributed by atoms with Crippen LogP contribution in [0.1, 0.15) is 49.7 Å². The number of nitrogens with zero attached hydrogens (tertiary/aromatic N) is 7. The van der Waals surface area contributed by atoms with Crippen molar-refractivity contribution in [1.82, 2.24) is 29.6 Å². The summed E-state index contributed by atoms with van der Waals surface area (Å²) in [6, 6.07) is 0. The zero-order valence-electron chi connectivity index (χ0n) is 15.0. The molecule has 1 atom stereocenters. The second-order valence-corrected chi connectivity index (χ2v) is 7.22. The average Bonchev–Trinajstić information content (AvgIpc) is 3.04. The zero-order valence-corrected chi connectivity index (χ0v) is 15.0. The Morgan fingerprint density at radius 2 is 1.92 bits per heavy atom. The van der Waals surface area contributed by atoms with E-state index in [0.29, 0.717) is 5.92 Å². The van der Waals surface area contributed by atoms with Gasteiger partial charge in [0.1, 0.15) is 17.5 Å². The molecule has 0 aromatic carbocycles. The molecular weight excluding hydrogens is 314 g/mol. The second-order valence-electron chi connectivity index (χ2n) is 7.22. The molecule has 0 aliphatic carbocycles. The lowest BCUT2D eigenvalue weighted by atomic mass is 9.97. The van der Waals surface area contributed by atoms with Crippen LogP contribution in [0.5, 0.6) is 0 Å². The summed E-state index contributed by atoms with van der Waals surface area (Å²) in [5, 5.41) is 9.06. The highest BCUT2D eigenvalue weighted by Gasteiger charge is 2.27. The maximum atomic E-state index is 4.56. The third-order valence-corrected chi connectivity index (χ3v) is 5.47. The van der Waals surface area contributed by atoms with E-state index in [4.69, 9.17) is 0 Å². The van der Waals surface area contributed by atoms with E-state index in [1.54, 1.807) is 12.4 Å². The van der Waals surface area contributed by atoms with Crippen LogP contribution < -0.4 is 4.90 Å². The summed E-state index contributed by atoms with van der Waals surface area (Å²) >= 11 is 0. The Labute approximate surface area is 149 Å². The van der Waals surface area contributed by atoms with Gasteiger partial charge in [-0.1, -0.05) is 6.42 Å². The van der Waals surface area contributed by atoms with Crippen LogP contribution in [0, 0.1) is 0 Å². The third kappa shape index (κ3) is 3.66. The summed E-state index contributed by atoms with van der Waals surface area (Å²) in [7, 11) is 2.12. The predicted octanol–water partition coefficient (Wildman–Crippen LogP) is 1.97. The Morgan fingerprint density at radius 3 is 2.72 bits per heavy atom. The molecule has 0 bridgehead atoms. The van der Waals surface area contributed by atoms with Gasteiger partial charge in [0.25, 0.3) is 0 Å². The van der Waals surface area contributed by atoms with Crippen molar-refractivity contribution in [1.29, 1.82) is 0 Å². The first-order valence-corrected chi connectivity index (χ1v) is 9.43. The van der Waals surface area contributed by atoms with Crippen molar-refractivity contribution in [3.8, 4) is 0 Å². The van der Waals surface area contributed by atoms with Gasteiger partial charge in [-0.15, -0.1) is 10.2 Å². The zero-order chi connectivity index (χ0) is 17.1. The quantitative estimate of drug-likeness (QED) is 0.847. The highest BCUT2D eigenvalue weighted by atomic mass is 15.3. The molecule has 0 N–H and O–H groups in total. The van der Waals surface area contributed by atoms with E-state index in [2.05, 4.69) is 41.6 Å². The Hall–Kier alpha value is -2.02. The van der Waals surface area contributed by atoms with Crippen LogP contribution in [0.2, 0.25) is 0 Å². The summed E-state index contributed by atoms with van der Waals surface area (Å²) in [5.41, 5.74) is 0. The van der Waals surface area contributed by atoms with Gasteiger partial charge in [-0.2, -0.15) is 0 Å². The molecule has 2 aliphatic heterocycles. The van der Waals surface area contributed by atoms with Gasteiger partial charge in [-0.3, -0.25) is 9.88 Å². The maximum Gasteiger partial charge on any atom is 0.147 e. The summed E-state index contributed by atoms with van der Waals surface area (Å²) in [5.74, 6) is 3.57. The second kappa shape index (κ2) is 7.47. The summed E-state index contributed by atoms with van der Waals surface area (Å²) in [4.78, 5) is 13.5. The van der Waals surface area contributed by atoms with Crippen LogP contribution in [0.3, 0.4) is 0 Å². The van der Waals surface area contributed by atoms with Crippen molar-refractivity contribution in [3.05, 3.63) is 30.2 Å². The van der Waals surface area contributed by atoms with E-state index in [1.807, 2.05) is 6.20 Å². The number of anilines is 1. The standard InChI is InChI=1S/C18H27N7/c1-23-17(14-24-9-3-2-4-10-24)21-22-18(23)15-6-5-11-25(13-15)16-12-19-7-8-20-16/h7-8,12,15H,2-6,9-11,13-14H2,1H3. The molecule has 7 heteroatoms. The fourth-order valence-electron chi connectivity index (χ4n) is 4.04. The minimum Gasteiger partial charge on any atom is -0.355 e. The molecule has 7 nitrogen and oxygen atoms in total. The molecule has 2 saturated heterocycles. The van der Waals surface area contributed by atoms with E-state index in [0.717, 1.165) is 49.9 Å². The van der Waals surface area contributed by atoms with Gasteiger partial charge in [0, 0.05) is 38.4 Å². The summed E-state index contributed by atoms with van der Waals surface area (Å²) < 4.78 is 2.22.